The highest BCUT2D eigenvalue weighted by atomic mass is 15.0. The molecule has 0 fully saturated rings. The molecule has 67 heavy (non-hydrogen) atoms. The van der Waals surface area contributed by atoms with E-state index in [2.05, 4.69) is 202 Å². The third kappa shape index (κ3) is 4.60. The summed E-state index contributed by atoms with van der Waals surface area (Å²) in [5, 5.41) is 15.0. The number of fused-ring (bicyclic) bond motifs is 7. The third-order valence-corrected chi connectivity index (χ3v) is 14.5. The Hall–Kier alpha value is -9.13. The first-order valence-corrected chi connectivity index (χ1v) is 22.9. The summed E-state index contributed by atoms with van der Waals surface area (Å²) >= 11 is 0. The van der Waals surface area contributed by atoms with Gasteiger partial charge in [0.05, 0.1) is 38.6 Å². The zero-order valence-electron chi connectivity index (χ0n) is 35.8. The summed E-state index contributed by atoms with van der Waals surface area (Å²) in [4.78, 5) is 15.8. The van der Waals surface area contributed by atoms with Crippen LogP contribution in [0.15, 0.2) is 206 Å². The summed E-state index contributed by atoms with van der Waals surface area (Å²) in [7, 11) is 0. The maximum atomic E-state index is 5.36. The fourth-order valence-electron chi connectivity index (χ4n) is 11.8. The molecule has 6 nitrogen and oxygen atoms in total. The quantitative estimate of drug-likeness (QED) is 0.173. The van der Waals surface area contributed by atoms with Crippen molar-refractivity contribution in [2.45, 2.75) is 0 Å². The van der Waals surface area contributed by atoms with Crippen molar-refractivity contribution in [2.24, 2.45) is 0 Å². The van der Waals surface area contributed by atoms with Crippen LogP contribution in [0.2, 0.25) is 0 Å². The number of para-hydroxylation sites is 3. The Labute approximate surface area is 381 Å². The van der Waals surface area contributed by atoms with E-state index in [1.165, 1.54) is 81.4 Å². The molecule has 16 rings (SSSR count). The van der Waals surface area contributed by atoms with Crippen molar-refractivity contribution in [3.05, 3.63) is 206 Å². The highest BCUT2D eigenvalue weighted by Crippen LogP contribution is 2.49. The van der Waals surface area contributed by atoms with Crippen LogP contribution in [0.4, 0.5) is 0 Å². The highest BCUT2D eigenvalue weighted by molar-refractivity contribution is 6.38. The van der Waals surface area contributed by atoms with Gasteiger partial charge in [0, 0.05) is 76.5 Å². The van der Waals surface area contributed by atoms with E-state index in [-0.39, 0.29) is 0 Å². The van der Waals surface area contributed by atoms with Gasteiger partial charge in [0.25, 0.3) is 0 Å². The van der Waals surface area contributed by atoms with Gasteiger partial charge < -0.3 is 13.5 Å². The van der Waals surface area contributed by atoms with Crippen LogP contribution < -0.4 is 0 Å². The van der Waals surface area contributed by atoms with Crippen molar-refractivity contribution >= 4 is 103 Å². The van der Waals surface area contributed by atoms with Crippen molar-refractivity contribution in [3.63, 3.8) is 0 Å². The second kappa shape index (κ2) is 12.8. The van der Waals surface area contributed by atoms with E-state index >= 15 is 0 Å². The molecule has 0 unspecified atom stereocenters. The molecule has 6 aromatic heterocycles. The summed E-state index contributed by atoms with van der Waals surface area (Å²) in [5.74, 6) is 1.88. The standard InChI is InChI=1S/C61H34N6/c1-3-13-35(14-4-1)59-62-60(64-61(63-59)47-24-12-25-49-53(47)48-33-37-15-7-8-16-38(37)34-52(48)66(49)39-17-5-2-6-18-39)36-27-29-40(30-28-36)65-50-26-11-19-41-42-20-9-21-43-44-22-10-23-45-46-31-32-51(65)55(54(41)50)58(46)67(56(42)43)57(44)45/h1-34H. The molecule has 308 valence electrons. The lowest BCUT2D eigenvalue weighted by molar-refractivity contribution is 1.07. The largest absolute Gasteiger partial charge is 0.309 e. The van der Waals surface area contributed by atoms with Gasteiger partial charge in [-0.25, -0.2) is 15.0 Å². The molecular formula is C61H34N6. The maximum absolute atomic E-state index is 5.36. The van der Waals surface area contributed by atoms with E-state index < -0.39 is 0 Å². The van der Waals surface area contributed by atoms with Crippen LogP contribution in [-0.2, 0) is 0 Å². The first-order chi connectivity index (χ1) is 33.2. The minimum atomic E-state index is 0.622. The number of hydrogen-bond donors (Lipinski definition) is 0. The van der Waals surface area contributed by atoms with E-state index in [1.807, 2.05) is 18.2 Å². The van der Waals surface area contributed by atoms with Crippen LogP contribution in [0.5, 0.6) is 0 Å². The Morgan fingerprint density at radius 2 is 0.791 bits per heavy atom. The van der Waals surface area contributed by atoms with Gasteiger partial charge in [-0.05, 0) is 82.9 Å². The minimum Gasteiger partial charge on any atom is -0.309 e. The first kappa shape index (κ1) is 35.2. The predicted octanol–water partition coefficient (Wildman–Crippen LogP) is 15.4. The van der Waals surface area contributed by atoms with Gasteiger partial charge in [-0.15, -0.1) is 0 Å². The van der Waals surface area contributed by atoms with Crippen molar-refractivity contribution < 1.29 is 0 Å². The van der Waals surface area contributed by atoms with Gasteiger partial charge in [-0.2, -0.15) is 0 Å². The Balaban J connectivity index is 0.915. The molecule has 0 saturated heterocycles. The molecule has 0 aliphatic carbocycles. The minimum absolute atomic E-state index is 0.622. The normalized spacial score (nSPS) is 12.5. The Morgan fingerprint density at radius 3 is 1.51 bits per heavy atom. The molecular weight excluding hydrogens is 817 g/mol. The average molecular weight is 851 g/mol. The summed E-state index contributed by atoms with van der Waals surface area (Å²) in [6.45, 7) is 0. The SMILES string of the molecule is c1ccc(-c2nc(-c3ccc(-n4c5cccc6c7cccc8c9cccc%10c%11ccc4c(c65)c%11n(c78)c9%10)cc3)nc(-c3cccc4c3c3cc5ccccc5cc3n4-c3ccccc3)n2)cc1. The zero-order valence-corrected chi connectivity index (χ0v) is 35.8. The van der Waals surface area contributed by atoms with Gasteiger partial charge >= 0.3 is 0 Å². The molecule has 6 heteroatoms. The lowest BCUT2D eigenvalue weighted by atomic mass is 10.0. The number of benzene rings is 10. The van der Waals surface area contributed by atoms with Crippen LogP contribution in [0.3, 0.4) is 0 Å². The molecule has 0 aliphatic heterocycles. The fourth-order valence-corrected chi connectivity index (χ4v) is 11.8. The fraction of sp³-hybridized carbons (Fsp3) is 0. The van der Waals surface area contributed by atoms with Crippen molar-refractivity contribution in [1.29, 1.82) is 0 Å². The zero-order chi connectivity index (χ0) is 43.5. The van der Waals surface area contributed by atoms with Crippen LogP contribution >= 0.6 is 0 Å². The average Bonchev–Trinajstić information content (AvgIpc) is 4.10. The molecule has 0 N–H and O–H groups in total. The predicted molar refractivity (Wildman–Crippen MR) is 277 cm³/mol. The smallest absolute Gasteiger partial charge is 0.164 e. The summed E-state index contributed by atoms with van der Waals surface area (Å²) < 4.78 is 7.37. The van der Waals surface area contributed by atoms with Gasteiger partial charge in [0.2, 0.25) is 0 Å². The van der Waals surface area contributed by atoms with Crippen molar-refractivity contribution in [1.82, 2.24) is 28.5 Å². The molecule has 0 atom stereocenters. The second-order valence-corrected chi connectivity index (χ2v) is 17.9. The number of hydrogen-bond acceptors (Lipinski definition) is 3. The van der Waals surface area contributed by atoms with Gasteiger partial charge in [0.15, 0.2) is 17.5 Å². The van der Waals surface area contributed by atoms with Crippen LogP contribution in [0, 0.1) is 0 Å². The Morgan fingerprint density at radius 1 is 0.284 bits per heavy atom. The molecule has 0 radical (unpaired) electrons. The second-order valence-electron chi connectivity index (χ2n) is 17.9. The van der Waals surface area contributed by atoms with E-state index in [4.69, 9.17) is 15.0 Å². The van der Waals surface area contributed by atoms with Gasteiger partial charge in [-0.3, -0.25) is 0 Å². The van der Waals surface area contributed by atoms with Gasteiger partial charge in [-0.1, -0.05) is 140 Å². The molecule has 0 amide bonds. The molecule has 10 aromatic carbocycles. The van der Waals surface area contributed by atoms with E-state index in [1.54, 1.807) is 0 Å². The molecule has 0 aliphatic rings. The van der Waals surface area contributed by atoms with E-state index in [0.717, 1.165) is 49.9 Å². The summed E-state index contributed by atoms with van der Waals surface area (Å²) in [6.07, 6.45) is 0. The van der Waals surface area contributed by atoms with Crippen LogP contribution in [0.1, 0.15) is 0 Å². The number of nitrogens with zero attached hydrogens (tertiary/aromatic N) is 6. The Bertz CT molecular complexity index is 4660. The van der Waals surface area contributed by atoms with Crippen molar-refractivity contribution in [3.8, 4) is 45.5 Å². The van der Waals surface area contributed by atoms with Crippen molar-refractivity contribution in [2.75, 3.05) is 0 Å². The topological polar surface area (TPSA) is 52.9 Å². The lowest BCUT2D eigenvalue weighted by Crippen LogP contribution is -2.01. The maximum Gasteiger partial charge on any atom is 0.164 e. The lowest BCUT2D eigenvalue weighted by Gasteiger charge is -2.12. The monoisotopic (exact) mass is 850 g/mol. The van der Waals surface area contributed by atoms with E-state index in [0.29, 0.717) is 17.5 Å². The third-order valence-electron chi connectivity index (χ3n) is 14.5. The first-order valence-electron chi connectivity index (χ1n) is 22.9. The highest BCUT2D eigenvalue weighted by Gasteiger charge is 2.27. The Kier molecular flexibility index (Phi) is 6.72. The molecule has 0 bridgehead atoms. The number of rotatable bonds is 5. The molecule has 16 aromatic rings. The molecule has 0 saturated carbocycles. The number of aromatic nitrogens is 6. The van der Waals surface area contributed by atoms with Crippen LogP contribution in [-0.4, -0.2) is 28.5 Å². The molecule has 0 spiro atoms. The van der Waals surface area contributed by atoms with Gasteiger partial charge in [0.1, 0.15) is 0 Å². The molecule has 6 heterocycles. The van der Waals surface area contributed by atoms with Crippen LogP contribution in [0.25, 0.3) is 149 Å². The van der Waals surface area contributed by atoms with E-state index in [9.17, 15) is 0 Å². The summed E-state index contributed by atoms with van der Waals surface area (Å²) in [5.41, 5.74) is 13.5. The summed E-state index contributed by atoms with van der Waals surface area (Å²) in [6, 6.07) is 74.4.